The fourth-order valence-electron chi connectivity index (χ4n) is 3.11. The van der Waals surface area contributed by atoms with Crippen LogP contribution in [0.2, 0.25) is 0 Å². The molecule has 0 radical (unpaired) electrons. The van der Waals surface area contributed by atoms with Gasteiger partial charge in [0.1, 0.15) is 5.82 Å². The molecule has 2 heterocycles. The first-order valence-corrected chi connectivity index (χ1v) is 8.96. The van der Waals surface area contributed by atoms with Crippen LogP contribution in [0.4, 0.5) is 42.0 Å². The number of halogens is 3. The number of hydrogen-bond acceptors (Lipinski definition) is 5. The Labute approximate surface area is 160 Å². The first-order chi connectivity index (χ1) is 13.6. The molecule has 5 nitrogen and oxygen atoms in total. The molecule has 1 saturated heterocycles. The van der Waals surface area contributed by atoms with Crippen molar-refractivity contribution < 1.29 is 13.2 Å². The van der Waals surface area contributed by atoms with E-state index in [4.69, 9.17) is 0 Å². The lowest BCUT2D eigenvalue weighted by atomic mass is 10.2. The van der Waals surface area contributed by atoms with Gasteiger partial charge in [-0.3, -0.25) is 0 Å². The number of benzene rings is 2. The SMILES string of the molecule is Fc1ccc(Nc2nccc(Nc3ccc(N4CCCC4)cc3)n2)c(F)c1F. The molecule has 1 aliphatic heterocycles. The van der Waals surface area contributed by atoms with Crippen molar-refractivity contribution in [2.45, 2.75) is 12.8 Å². The van der Waals surface area contributed by atoms with Crippen LogP contribution >= 0.6 is 0 Å². The van der Waals surface area contributed by atoms with Crippen LogP contribution in [-0.2, 0) is 0 Å². The monoisotopic (exact) mass is 385 g/mol. The molecule has 0 unspecified atom stereocenters. The van der Waals surface area contributed by atoms with Gasteiger partial charge in [0.05, 0.1) is 5.69 Å². The summed E-state index contributed by atoms with van der Waals surface area (Å²) in [5, 5.41) is 5.71. The minimum absolute atomic E-state index is 0.0589. The number of nitrogens with zero attached hydrogens (tertiary/aromatic N) is 3. The molecular weight excluding hydrogens is 367 g/mol. The van der Waals surface area contributed by atoms with E-state index >= 15 is 0 Å². The minimum Gasteiger partial charge on any atom is -0.372 e. The molecule has 0 amide bonds. The lowest BCUT2D eigenvalue weighted by molar-refractivity contribution is 0.449. The minimum atomic E-state index is -1.54. The maximum atomic E-state index is 13.8. The number of hydrogen-bond donors (Lipinski definition) is 2. The van der Waals surface area contributed by atoms with Crippen LogP contribution in [0.1, 0.15) is 12.8 Å². The zero-order valence-electron chi connectivity index (χ0n) is 14.9. The molecule has 144 valence electrons. The second-order valence-corrected chi connectivity index (χ2v) is 6.48. The van der Waals surface area contributed by atoms with Crippen molar-refractivity contribution in [1.82, 2.24) is 9.97 Å². The summed E-state index contributed by atoms with van der Waals surface area (Å²) in [7, 11) is 0. The second kappa shape index (κ2) is 7.75. The number of anilines is 5. The van der Waals surface area contributed by atoms with Crippen LogP contribution < -0.4 is 15.5 Å². The predicted molar refractivity (Wildman–Crippen MR) is 103 cm³/mol. The molecule has 0 aliphatic carbocycles. The summed E-state index contributed by atoms with van der Waals surface area (Å²) in [6.45, 7) is 2.16. The molecule has 28 heavy (non-hydrogen) atoms. The average Bonchev–Trinajstić information content (AvgIpc) is 3.24. The van der Waals surface area contributed by atoms with Crippen molar-refractivity contribution in [1.29, 1.82) is 0 Å². The van der Waals surface area contributed by atoms with E-state index in [-0.39, 0.29) is 11.6 Å². The molecule has 0 atom stereocenters. The van der Waals surface area contributed by atoms with E-state index in [1.807, 2.05) is 24.3 Å². The van der Waals surface area contributed by atoms with Crippen molar-refractivity contribution >= 4 is 28.8 Å². The lowest BCUT2D eigenvalue weighted by Crippen LogP contribution is -2.17. The van der Waals surface area contributed by atoms with Crippen LogP contribution in [-0.4, -0.2) is 23.1 Å². The molecule has 1 aromatic heterocycles. The van der Waals surface area contributed by atoms with Gasteiger partial charge in [-0.2, -0.15) is 4.98 Å². The molecule has 2 N–H and O–H groups in total. The molecule has 2 aromatic carbocycles. The highest BCUT2D eigenvalue weighted by molar-refractivity contribution is 5.62. The van der Waals surface area contributed by atoms with Gasteiger partial charge in [-0.05, 0) is 55.3 Å². The number of nitrogens with one attached hydrogen (secondary N) is 2. The number of aromatic nitrogens is 2. The summed E-state index contributed by atoms with van der Waals surface area (Å²) in [6, 6.07) is 11.6. The summed E-state index contributed by atoms with van der Waals surface area (Å²) >= 11 is 0. The van der Waals surface area contributed by atoms with E-state index < -0.39 is 17.5 Å². The van der Waals surface area contributed by atoms with E-state index in [0.717, 1.165) is 30.9 Å². The normalized spacial score (nSPS) is 13.6. The Balaban J connectivity index is 1.47. The van der Waals surface area contributed by atoms with Crippen molar-refractivity contribution in [3.63, 3.8) is 0 Å². The third-order valence-corrected chi connectivity index (χ3v) is 4.55. The Morgan fingerprint density at radius 2 is 1.57 bits per heavy atom. The van der Waals surface area contributed by atoms with Crippen LogP contribution in [0.5, 0.6) is 0 Å². The third kappa shape index (κ3) is 3.85. The Kier molecular flexibility index (Phi) is 5.01. The summed E-state index contributed by atoms with van der Waals surface area (Å²) < 4.78 is 40.2. The lowest BCUT2D eigenvalue weighted by Gasteiger charge is -2.18. The van der Waals surface area contributed by atoms with E-state index in [0.29, 0.717) is 5.82 Å². The Bertz CT molecular complexity index is 972. The highest BCUT2D eigenvalue weighted by Crippen LogP contribution is 2.25. The Hall–Kier alpha value is -3.29. The van der Waals surface area contributed by atoms with Crippen LogP contribution in [0.25, 0.3) is 0 Å². The smallest absolute Gasteiger partial charge is 0.229 e. The van der Waals surface area contributed by atoms with Crippen LogP contribution in [0, 0.1) is 17.5 Å². The number of rotatable bonds is 5. The van der Waals surface area contributed by atoms with Gasteiger partial charge in [0.15, 0.2) is 17.5 Å². The van der Waals surface area contributed by atoms with Crippen molar-refractivity contribution in [2.75, 3.05) is 28.6 Å². The highest BCUT2D eigenvalue weighted by Gasteiger charge is 2.14. The second-order valence-electron chi connectivity index (χ2n) is 6.48. The summed E-state index contributed by atoms with van der Waals surface area (Å²) in [4.78, 5) is 10.6. The highest BCUT2D eigenvalue weighted by atomic mass is 19.2. The molecule has 0 spiro atoms. The van der Waals surface area contributed by atoms with Gasteiger partial charge in [0.25, 0.3) is 0 Å². The fraction of sp³-hybridized carbons (Fsp3) is 0.200. The zero-order chi connectivity index (χ0) is 19.5. The quantitative estimate of drug-likeness (QED) is 0.607. The molecule has 1 aliphatic rings. The van der Waals surface area contributed by atoms with E-state index in [9.17, 15) is 13.2 Å². The first kappa shape index (κ1) is 18.1. The van der Waals surface area contributed by atoms with Crippen LogP contribution in [0.3, 0.4) is 0 Å². The Morgan fingerprint density at radius 3 is 2.32 bits per heavy atom. The first-order valence-electron chi connectivity index (χ1n) is 8.96. The molecular formula is C20H18F3N5. The van der Waals surface area contributed by atoms with Gasteiger partial charge >= 0.3 is 0 Å². The van der Waals surface area contributed by atoms with Gasteiger partial charge in [0.2, 0.25) is 5.95 Å². The maximum Gasteiger partial charge on any atom is 0.229 e. The Morgan fingerprint density at radius 1 is 0.821 bits per heavy atom. The van der Waals surface area contributed by atoms with Gasteiger partial charge in [-0.25, -0.2) is 18.2 Å². The van der Waals surface area contributed by atoms with Crippen molar-refractivity contribution in [3.05, 3.63) is 66.1 Å². The molecule has 4 rings (SSSR count). The van der Waals surface area contributed by atoms with E-state index in [1.165, 1.54) is 24.7 Å². The predicted octanol–water partition coefficient (Wildman–Crippen LogP) is 4.98. The molecule has 1 fully saturated rings. The molecule has 3 aromatic rings. The van der Waals surface area contributed by atoms with Gasteiger partial charge in [-0.15, -0.1) is 0 Å². The van der Waals surface area contributed by atoms with Gasteiger partial charge in [-0.1, -0.05) is 0 Å². The third-order valence-electron chi connectivity index (χ3n) is 4.55. The van der Waals surface area contributed by atoms with E-state index in [2.05, 4.69) is 25.5 Å². The van der Waals surface area contributed by atoms with Gasteiger partial charge in [0, 0.05) is 30.7 Å². The summed E-state index contributed by atoms with van der Waals surface area (Å²) in [6.07, 6.45) is 3.92. The topological polar surface area (TPSA) is 53.1 Å². The zero-order valence-corrected chi connectivity index (χ0v) is 14.9. The summed E-state index contributed by atoms with van der Waals surface area (Å²) in [5.74, 6) is -3.58. The van der Waals surface area contributed by atoms with Crippen molar-refractivity contribution in [3.8, 4) is 0 Å². The largest absolute Gasteiger partial charge is 0.372 e. The average molecular weight is 385 g/mol. The van der Waals surface area contributed by atoms with Gasteiger partial charge < -0.3 is 15.5 Å². The van der Waals surface area contributed by atoms with Crippen molar-refractivity contribution in [2.24, 2.45) is 0 Å². The maximum absolute atomic E-state index is 13.8. The van der Waals surface area contributed by atoms with Crippen LogP contribution in [0.15, 0.2) is 48.7 Å². The fourth-order valence-corrected chi connectivity index (χ4v) is 3.11. The molecule has 0 bridgehead atoms. The van der Waals surface area contributed by atoms with E-state index in [1.54, 1.807) is 6.07 Å². The molecule has 8 heteroatoms. The standard InChI is InChI=1S/C20H18F3N5/c21-15-7-8-16(19(23)18(15)22)26-20-24-10-9-17(27-20)25-13-3-5-14(6-4-13)28-11-1-2-12-28/h3-10H,1-2,11-12H2,(H2,24,25,26,27). The molecule has 0 saturated carbocycles. The summed E-state index contributed by atoms with van der Waals surface area (Å²) in [5.41, 5.74) is 1.78.